The van der Waals surface area contributed by atoms with Crippen molar-refractivity contribution < 1.29 is 49.0 Å². The van der Waals surface area contributed by atoms with Crippen LogP contribution < -0.4 is 44.7 Å². The quantitative estimate of drug-likeness (QED) is 0.504. The average Bonchev–Trinajstić information content (AvgIpc) is 2.53. The van der Waals surface area contributed by atoms with Gasteiger partial charge in [0.15, 0.2) is 0 Å². The van der Waals surface area contributed by atoms with Gasteiger partial charge in [0.1, 0.15) is 10.8 Å². The molecule has 1 heterocycles. The largest absolute Gasteiger partial charge is 1.00 e. The standard InChI is InChI=1S/C15H13ClN2O4S.Na/c1-22-12-5-4-9(16)7-11(12)18-8-13(19)23-14-10(15(20)21)3-2-6-17-14;/h2-7,18H,8H2,1H3,(H,20,21);/q;+1/p-1. The van der Waals surface area contributed by atoms with Crippen molar-refractivity contribution in [1.29, 1.82) is 0 Å². The van der Waals surface area contributed by atoms with Crippen molar-refractivity contribution in [3.8, 4) is 5.75 Å². The summed E-state index contributed by atoms with van der Waals surface area (Å²) in [7, 11) is 1.50. The van der Waals surface area contributed by atoms with Crippen LogP contribution in [0.2, 0.25) is 5.02 Å². The molecule has 1 N–H and O–H groups in total. The van der Waals surface area contributed by atoms with Crippen LogP contribution in [0.4, 0.5) is 5.69 Å². The van der Waals surface area contributed by atoms with E-state index < -0.39 is 5.97 Å². The van der Waals surface area contributed by atoms with Gasteiger partial charge in [-0.3, -0.25) is 4.79 Å². The zero-order chi connectivity index (χ0) is 16.8. The Labute approximate surface area is 170 Å². The molecule has 0 aliphatic carbocycles. The molecule has 120 valence electrons. The zero-order valence-corrected chi connectivity index (χ0v) is 16.6. The Morgan fingerprint density at radius 3 is 2.79 bits per heavy atom. The molecule has 0 atom stereocenters. The van der Waals surface area contributed by atoms with Crippen LogP contribution >= 0.6 is 23.4 Å². The number of halogens is 1. The Hall–Kier alpha value is -1.25. The minimum absolute atomic E-state index is 0. The maximum absolute atomic E-state index is 12.0. The molecule has 0 fully saturated rings. The SMILES string of the molecule is COc1ccc(Cl)cc1NCC(=O)Sc1ncccc1C(=O)[O-].[Na+]. The predicted octanol–water partition coefficient (Wildman–Crippen LogP) is -1.16. The summed E-state index contributed by atoms with van der Waals surface area (Å²) in [6, 6.07) is 7.78. The van der Waals surface area contributed by atoms with Crippen molar-refractivity contribution in [2.75, 3.05) is 19.0 Å². The fraction of sp³-hybridized carbons (Fsp3) is 0.133. The molecule has 0 spiro atoms. The van der Waals surface area contributed by atoms with Crippen LogP contribution in [0.15, 0.2) is 41.6 Å². The van der Waals surface area contributed by atoms with Gasteiger partial charge >= 0.3 is 29.6 Å². The van der Waals surface area contributed by atoms with Crippen molar-refractivity contribution in [2.24, 2.45) is 0 Å². The first-order valence-electron chi connectivity index (χ1n) is 6.45. The van der Waals surface area contributed by atoms with Crippen molar-refractivity contribution in [3.05, 3.63) is 47.1 Å². The summed E-state index contributed by atoms with van der Waals surface area (Å²) in [6.45, 7) is -0.0512. The molecule has 0 bridgehead atoms. The van der Waals surface area contributed by atoms with E-state index in [4.69, 9.17) is 16.3 Å². The molecule has 0 saturated carbocycles. The minimum atomic E-state index is -1.38. The van der Waals surface area contributed by atoms with E-state index in [9.17, 15) is 14.7 Å². The molecule has 0 unspecified atom stereocenters. The molecule has 0 saturated heterocycles. The number of carboxylic acids is 1. The van der Waals surface area contributed by atoms with E-state index in [-0.39, 0.29) is 51.8 Å². The molecule has 0 aliphatic rings. The molecule has 1 aromatic heterocycles. The summed E-state index contributed by atoms with van der Waals surface area (Å²) in [5.74, 6) is -0.835. The third-order valence-corrected chi connectivity index (χ3v) is 3.91. The molecule has 1 aromatic carbocycles. The summed E-state index contributed by atoms with van der Waals surface area (Å²) >= 11 is 6.63. The number of thioether (sulfide) groups is 1. The van der Waals surface area contributed by atoms with Gasteiger partial charge in [-0.15, -0.1) is 0 Å². The van der Waals surface area contributed by atoms with Gasteiger partial charge in [0, 0.05) is 16.8 Å². The Morgan fingerprint density at radius 1 is 1.38 bits per heavy atom. The van der Waals surface area contributed by atoms with E-state index in [1.54, 1.807) is 18.2 Å². The number of carbonyl (C=O) groups is 2. The van der Waals surface area contributed by atoms with E-state index in [1.807, 2.05) is 0 Å². The van der Waals surface area contributed by atoms with Crippen molar-refractivity contribution >= 4 is 40.1 Å². The number of hydrogen-bond donors (Lipinski definition) is 1. The van der Waals surface area contributed by atoms with Crippen LogP contribution in [-0.4, -0.2) is 29.7 Å². The fourth-order valence-corrected chi connectivity index (χ4v) is 2.66. The normalized spacial score (nSPS) is 9.75. The van der Waals surface area contributed by atoms with Gasteiger partial charge < -0.3 is 20.0 Å². The van der Waals surface area contributed by atoms with Crippen LogP contribution in [0.3, 0.4) is 0 Å². The molecule has 0 aliphatic heterocycles. The summed E-state index contributed by atoms with van der Waals surface area (Å²) < 4.78 is 5.16. The molecule has 0 radical (unpaired) electrons. The first-order chi connectivity index (χ1) is 11.0. The van der Waals surface area contributed by atoms with Gasteiger partial charge in [0.05, 0.1) is 25.3 Å². The van der Waals surface area contributed by atoms with Crippen LogP contribution in [0.5, 0.6) is 5.75 Å². The van der Waals surface area contributed by atoms with Gasteiger partial charge in [-0.25, -0.2) is 4.98 Å². The molecular weight excluding hydrogens is 363 g/mol. The molecule has 6 nitrogen and oxygen atoms in total. The second-order valence-corrected chi connectivity index (χ2v) is 5.80. The number of ether oxygens (including phenoxy) is 1. The number of carboxylic acid groups (broad SMARTS) is 1. The summed E-state index contributed by atoms with van der Waals surface area (Å²) in [5, 5.41) is 14.2. The fourth-order valence-electron chi connectivity index (χ4n) is 1.76. The smallest absolute Gasteiger partial charge is 0.545 e. The van der Waals surface area contributed by atoms with Crippen LogP contribution in [0.25, 0.3) is 0 Å². The number of anilines is 1. The summed E-state index contributed by atoms with van der Waals surface area (Å²) in [4.78, 5) is 26.9. The molecule has 2 rings (SSSR count). The Balaban J connectivity index is 0.00000288. The average molecular weight is 375 g/mol. The molecule has 9 heteroatoms. The van der Waals surface area contributed by atoms with E-state index in [0.29, 0.717) is 16.5 Å². The maximum atomic E-state index is 12.0. The van der Waals surface area contributed by atoms with E-state index >= 15 is 0 Å². The van der Waals surface area contributed by atoms with Crippen molar-refractivity contribution in [2.45, 2.75) is 5.03 Å². The number of nitrogens with one attached hydrogen (secondary N) is 1. The predicted molar refractivity (Wildman–Crippen MR) is 85.9 cm³/mol. The van der Waals surface area contributed by atoms with Crippen molar-refractivity contribution in [1.82, 2.24) is 4.98 Å². The summed E-state index contributed by atoms with van der Waals surface area (Å²) in [5.41, 5.74) is 0.446. The second kappa shape index (κ2) is 9.90. The number of aromatic carboxylic acids is 1. The molecular formula is C15H12ClN2NaO4S. The van der Waals surface area contributed by atoms with E-state index in [2.05, 4.69) is 10.3 Å². The van der Waals surface area contributed by atoms with Gasteiger partial charge in [0.2, 0.25) is 5.12 Å². The first kappa shape index (κ1) is 20.8. The molecule has 24 heavy (non-hydrogen) atoms. The molecule has 2 aromatic rings. The Bertz CT molecular complexity index is 745. The van der Waals surface area contributed by atoms with Gasteiger partial charge in [-0.05, 0) is 42.1 Å². The number of carbonyl (C=O) groups excluding carboxylic acids is 2. The first-order valence-corrected chi connectivity index (χ1v) is 7.65. The third kappa shape index (κ3) is 5.68. The van der Waals surface area contributed by atoms with Gasteiger partial charge in [0.25, 0.3) is 0 Å². The summed E-state index contributed by atoms with van der Waals surface area (Å²) in [6.07, 6.45) is 1.41. The van der Waals surface area contributed by atoms with E-state index in [1.165, 1.54) is 25.4 Å². The molecule has 0 amide bonds. The van der Waals surface area contributed by atoms with Crippen LogP contribution in [-0.2, 0) is 4.79 Å². The Morgan fingerprint density at radius 2 is 2.12 bits per heavy atom. The second-order valence-electron chi connectivity index (χ2n) is 4.32. The third-order valence-electron chi connectivity index (χ3n) is 2.79. The number of nitrogens with zero attached hydrogens (tertiary/aromatic N) is 1. The zero-order valence-electron chi connectivity index (χ0n) is 13.0. The topological polar surface area (TPSA) is 91.3 Å². The van der Waals surface area contributed by atoms with Crippen LogP contribution in [0.1, 0.15) is 10.4 Å². The maximum Gasteiger partial charge on any atom is 1.00 e. The number of rotatable bonds is 6. The van der Waals surface area contributed by atoms with Gasteiger partial charge in [-0.2, -0.15) is 0 Å². The van der Waals surface area contributed by atoms with Crippen molar-refractivity contribution in [3.63, 3.8) is 0 Å². The number of benzene rings is 1. The van der Waals surface area contributed by atoms with E-state index in [0.717, 1.165) is 11.8 Å². The Kier molecular flexibility index (Phi) is 8.58. The van der Waals surface area contributed by atoms with Gasteiger partial charge in [-0.1, -0.05) is 11.6 Å². The van der Waals surface area contributed by atoms with Crippen LogP contribution in [0, 0.1) is 0 Å². The monoisotopic (exact) mass is 374 g/mol. The minimum Gasteiger partial charge on any atom is -0.545 e. The number of hydrogen-bond acceptors (Lipinski definition) is 7. The number of aromatic nitrogens is 1. The number of pyridine rings is 1. The number of methoxy groups -OCH3 is 1.